The molecule has 0 saturated heterocycles. The van der Waals surface area contributed by atoms with Gasteiger partial charge in [0.1, 0.15) is 11.2 Å². The summed E-state index contributed by atoms with van der Waals surface area (Å²) in [6.07, 6.45) is 0. The Morgan fingerprint density at radius 2 is 1.06 bits per heavy atom. The maximum absolute atomic E-state index is 6.53. The van der Waals surface area contributed by atoms with Gasteiger partial charge in [0.15, 0.2) is 17.5 Å². The van der Waals surface area contributed by atoms with Crippen LogP contribution in [0.1, 0.15) is 25.0 Å². The monoisotopic (exact) mass is 682 g/mol. The van der Waals surface area contributed by atoms with Crippen molar-refractivity contribution in [1.29, 1.82) is 0 Å². The van der Waals surface area contributed by atoms with Gasteiger partial charge < -0.3 is 9.32 Å². The number of nitrogens with zero attached hydrogens (tertiary/aromatic N) is 4. The molecule has 3 heterocycles. The Bertz CT molecular complexity index is 2750. The van der Waals surface area contributed by atoms with Crippen molar-refractivity contribution in [2.75, 3.05) is 4.90 Å². The van der Waals surface area contributed by atoms with Crippen LogP contribution in [0.25, 0.3) is 67.2 Å². The predicted octanol–water partition coefficient (Wildman–Crippen LogP) is 12.5. The summed E-state index contributed by atoms with van der Waals surface area (Å²) in [5.41, 5.74) is 12.5. The number of para-hydroxylation sites is 1. The molecule has 0 saturated carbocycles. The fraction of sp³-hybridized carbons (Fsp3) is 0.0625. The molecule has 0 N–H and O–H groups in total. The zero-order valence-electron chi connectivity index (χ0n) is 29.4. The van der Waals surface area contributed by atoms with Crippen LogP contribution in [-0.2, 0) is 5.41 Å². The van der Waals surface area contributed by atoms with Crippen molar-refractivity contribution in [2.24, 2.45) is 0 Å². The summed E-state index contributed by atoms with van der Waals surface area (Å²) in [6, 6.07) is 59.1. The number of furan rings is 1. The second kappa shape index (κ2) is 12.1. The van der Waals surface area contributed by atoms with Crippen molar-refractivity contribution in [3.05, 3.63) is 181 Å². The van der Waals surface area contributed by atoms with Crippen LogP contribution in [-0.4, -0.2) is 15.0 Å². The molecule has 7 aromatic carbocycles. The average Bonchev–Trinajstić information content (AvgIpc) is 3.60. The molecule has 0 spiro atoms. The minimum absolute atomic E-state index is 0.210. The van der Waals surface area contributed by atoms with Gasteiger partial charge in [0.2, 0.25) is 0 Å². The highest BCUT2D eigenvalue weighted by Gasteiger charge is 2.37. The van der Waals surface area contributed by atoms with Gasteiger partial charge in [-0.2, -0.15) is 0 Å². The summed E-state index contributed by atoms with van der Waals surface area (Å²) in [6.45, 7) is 4.66. The zero-order valence-corrected chi connectivity index (χ0v) is 29.4. The Morgan fingerprint density at radius 1 is 0.453 bits per heavy atom. The van der Waals surface area contributed by atoms with E-state index in [4.69, 9.17) is 19.4 Å². The quantitative estimate of drug-likeness (QED) is 0.181. The van der Waals surface area contributed by atoms with Crippen molar-refractivity contribution in [3.8, 4) is 45.3 Å². The molecule has 252 valence electrons. The first-order chi connectivity index (χ1) is 26.0. The van der Waals surface area contributed by atoms with Gasteiger partial charge in [0.25, 0.3) is 0 Å². The van der Waals surface area contributed by atoms with Crippen molar-refractivity contribution in [1.82, 2.24) is 15.0 Å². The topological polar surface area (TPSA) is 55.1 Å². The van der Waals surface area contributed by atoms with Crippen molar-refractivity contribution in [3.63, 3.8) is 0 Å². The lowest BCUT2D eigenvalue weighted by atomic mass is 9.73. The molecule has 5 heteroatoms. The van der Waals surface area contributed by atoms with Gasteiger partial charge in [-0.3, -0.25) is 0 Å². The third-order valence-corrected chi connectivity index (χ3v) is 10.5. The minimum atomic E-state index is -0.210. The smallest absolute Gasteiger partial charge is 0.164 e. The highest BCUT2D eigenvalue weighted by molar-refractivity contribution is 6.13. The Kier molecular flexibility index (Phi) is 7.08. The van der Waals surface area contributed by atoms with Crippen LogP contribution < -0.4 is 4.90 Å². The molecular weight excluding hydrogens is 649 g/mol. The third kappa shape index (κ3) is 5.12. The normalized spacial score (nSPS) is 13.2. The largest absolute Gasteiger partial charge is 0.456 e. The highest BCUT2D eigenvalue weighted by Crippen LogP contribution is 2.53. The van der Waals surface area contributed by atoms with E-state index in [1.165, 1.54) is 33.6 Å². The van der Waals surface area contributed by atoms with Gasteiger partial charge in [-0.05, 0) is 64.7 Å². The van der Waals surface area contributed by atoms with Gasteiger partial charge in [0.05, 0.1) is 11.4 Å². The second-order valence-electron chi connectivity index (χ2n) is 14.1. The second-order valence-corrected chi connectivity index (χ2v) is 14.1. The molecule has 1 aliphatic heterocycles. The fourth-order valence-electron chi connectivity index (χ4n) is 7.86. The summed E-state index contributed by atoms with van der Waals surface area (Å²) < 4.78 is 6.53. The average molecular weight is 683 g/mol. The molecule has 0 atom stereocenters. The standard InChI is InChI=1S/C48H34N4O/c1-48(2)38-22-12-13-23-40(38)52(41-27-25-34(29-39(41)48)31-15-6-3-7-16-31)35-26-28-42-37(30-35)44-36(21-14-24-43(44)53-42)47-50-45(32-17-8-4-9-18-32)49-46(51-47)33-19-10-5-11-20-33/h3-30H,1-2H3. The summed E-state index contributed by atoms with van der Waals surface area (Å²) in [7, 11) is 0. The van der Waals surface area contributed by atoms with E-state index >= 15 is 0 Å². The lowest BCUT2D eigenvalue weighted by Crippen LogP contribution is -2.30. The Labute approximate surface area is 307 Å². The van der Waals surface area contributed by atoms with E-state index in [-0.39, 0.29) is 5.41 Å². The van der Waals surface area contributed by atoms with Crippen LogP contribution in [0, 0.1) is 0 Å². The third-order valence-electron chi connectivity index (χ3n) is 10.5. The summed E-state index contributed by atoms with van der Waals surface area (Å²) in [5, 5.41) is 1.97. The number of hydrogen-bond donors (Lipinski definition) is 0. The van der Waals surface area contributed by atoms with E-state index in [2.05, 4.69) is 116 Å². The molecule has 9 aromatic rings. The maximum atomic E-state index is 6.53. The van der Waals surface area contributed by atoms with Gasteiger partial charge in [0, 0.05) is 38.6 Å². The molecule has 0 aliphatic carbocycles. The summed E-state index contributed by atoms with van der Waals surface area (Å²) in [5.74, 6) is 1.85. The summed E-state index contributed by atoms with van der Waals surface area (Å²) >= 11 is 0. The molecule has 0 amide bonds. The highest BCUT2D eigenvalue weighted by atomic mass is 16.3. The molecule has 53 heavy (non-hydrogen) atoms. The van der Waals surface area contributed by atoms with Crippen LogP contribution >= 0.6 is 0 Å². The number of rotatable bonds is 5. The molecule has 1 aliphatic rings. The number of anilines is 3. The Balaban J connectivity index is 1.18. The van der Waals surface area contributed by atoms with Crippen LogP contribution in [0.5, 0.6) is 0 Å². The Morgan fingerprint density at radius 3 is 1.75 bits per heavy atom. The van der Waals surface area contributed by atoms with E-state index in [9.17, 15) is 0 Å². The fourth-order valence-corrected chi connectivity index (χ4v) is 7.86. The first kappa shape index (κ1) is 30.9. The van der Waals surface area contributed by atoms with Crippen LogP contribution in [0.3, 0.4) is 0 Å². The van der Waals surface area contributed by atoms with Gasteiger partial charge in [-0.15, -0.1) is 0 Å². The lowest BCUT2D eigenvalue weighted by molar-refractivity contribution is 0.632. The molecule has 0 fully saturated rings. The van der Waals surface area contributed by atoms with E-state index in [1.54, 1.807) is 0 Å². The van der Waals surface area contributed by atoms with Gasteiger partial charge >= 0.3 is 0 Å². The molecule has 10 rings (SSSR count). The first-order valence-electron chi connectivity index (χ1n) is 18.0. The van der Waals surface area contributed by atoms with E-state index in [1.807, 2.05) is 72.8 Å². The zero-order chi connectivity index (χ0) is 35.5. The minimum Gasteiger partial charge on any atom is -0.456 e. The van der Waals surface area contributed by atoms with Crippen molar-refractivity contribution in [2.45, 2.75) is 19.3 Å². The number of aromatic nitrogens is 3. The van der Waals surface area contributed by atoms with E-state index in [0.717, 1.165) is 44.3 Å². The molecular formula is C48H34N4O. The van der Waals surface area contributed by atoms with Crippen LogP contribution in [0.2, 0.25) is 0 Å². The van der Waals surface area contributed by atoms with Gasteiger partial charge in [-0.1, -0.05) is 141 Å². The Hall–Kier alpha value is -6.85. The van der Waals surface area contributed by atoms with Gasteiger partial charge in [-0.25, -0.2) is 15.0 Å². The maximum Gasteiger partial charge on any atom is 0.164 e. The lowest BCUT2D eigenvalue weighted by Gasteiger charge is -2.42. The molecule has 5 nitrogen and oxygen atoms in total. The molecule has 0 radical (unpaired) electrons. The number of benzene rings is 7. The van der Waals surface area contributed by atoms with Crippen LogP contribution in [0.4, 0.5) is 17.1 Å². The molecule has 2 aromatic heterocycles. The number of fused-ring (bicyclic) bond motifs is 5. The van der Waals surface area contributed by atoms with Crippen molar-refractivity contribution < 1.29 is 4.42 Å². The first-order valence-corrected chi connectivity index (χ1v) is 18.0. The summed E-state index contributed by atoms with van der Waals surface area (Å²) in [4.78, 5) is 17.5. The van der Waals surface area contributed by atoms with E-state index < -0.39 is 0 Å². The molecule has 0 unspecified atom stereocenters. The predicted molar refractivity (Wildman–Crippen MR) is 216 cm³/mol. The van der Waals surface area contributed by atoms with E-state index in [0.29, 0.717) is 17.5 Å². The molecule has 0 bridgehead atoms. The SMILES string of the molecule is CC1(C)c2ccccc2N(c2ccc3oc4cccc(-c5nc(-c6ccccc6)nc(-c6ccccc6)n5)c4c3c2)c2ccc(-c3ccccc3)cc21. The van der Waals surface area contributed by atoms with Crippen LogP contribution in [0.15, 0.2) is 174 Å². The number of hydrogen-bond acceptors (Lipinski definition) is 5. The van der Waals surface area contributed by atoms with Crippen molar-refractivity contribution >= 4 is 39.0 Å².